The summed E-state index contributed by atoms with van der Waals surface area (Å²) >= 11 is 0.897. The van der Waals surface area contributed by atoms with Gasteiger partial charge in [-0.25, -0.2) is 9.59 Å². The van der Waals surface area contributed by atoms with Gasteiger partial charge in [-0.15, -0.1) is 5.10 Å². The number of ether oxygens (including phenoxy) is 2. The molecule has 8 nitrogen and oxygen atoms in total. The third kappa shape index (κ3) is 4.48. The van der Waals surface area contributed by atoms with Crippen molar-refractivity contribution in [2.24, 2.45) is 0 Å². The number of carbonyl (C=O) groups is 3. The first kappa shape index (κ1) is 17.0. The molecule has 0 atom stereocenters. The number of amides is 1. The summed E-state index contributed by atoms with van der Waals surface area (Å²) in [7, 11) is 0. The zero-order valence-electron chi connectivity index (χ0n) is 12.0. The van der Waals surface area contributed by atoms with Gasteiger partial charge in [0.05, 0.1) is 18.9 Å². The van der Waals surface area contributed by atoms with Gasteiger partial charge in [0.1, 0.15) is 4.88 Å². The van der Waals surface area contributed by atoms with Crippen molar-refractivity contribution >= 4 is 29.4 Å². The number of hydrogen-bond donors (Lipinski definition) is 1. The molecule has 0 fully saturated rings. The second-order valence-electron chi connectivity index (χ2n) is 3.81. The number of hydrogen-bond acceptors (Lipinski definition) is 8. The van der Waals surface area contributed by atoms with Crippen molar-refractivity contribution in [1.82, 2.24) is 14.9 Å². The van der Waals surface area contributed by atoms with E-state index in [-0.39, 0.29) is 18.1 Å². The number of rotatable bonds is 7. The van der Waals surface area contributed by atoms with Gasteiger partial charge < -0.3 is 14.8 Å². The van der Waals surface area contributed by atoms with Crippen LogP contribution in [0, 0.1) is 0 Å². The van der Waals surface area contributed by atoms with Crippen molar-refractivity contribution < 1.29 is 23.9 Å². The number of nitrogens with one attached hydrogen (secondary N) is 1. The molecule has 0 unspecified atom stereocenters. The van der Waals surface area contributed by atoms with Crippen molar-refractivity contribution in [3.63, 3.8) is 0 Å². The van der Waals surface area contributed by atoms with E-state index in [1.807, 2.05) is 6.92 Å². The Kier molecular flexibility index (Phi) is 6.73. The van der Waals surface area contributed by atoms with E-state index in [1.165, 1.54) is 0 Å². The summed E-state index contributed by atoms with van der Waals surface area (Å²) in [5.74, 6) is -2.33. The molecule has 1 heterocycles. The molecule has 1 amide bonds. The average Bonchev–Trinajstić information content (AvgIpc) is 2.93. The highest BCUT2D eigenvalue weighted by molar-refractivity contribution is 7.08. The third-order valence-corrected chi connectivity index (χ3v) is 3.18. The molecule has 1 aromatic heterocycles. The second kappa shape index (κ2) is 8.30. The molecular weight excluding hydrogens is 298 g/mol. The molecule has 1 N–H and O–H groups in total. The maximum absolute atomic E-state index is 12.1. The van der Waals surface area contributed by atoms with E-state index in [2.05, 4.69) is 14.9 Å². The molecular formula is C12H17N3O5S. The van der Waals surface area contributed by atoms with Crippen LogP contribution in [0.2, 0.25) is 0 Å². The van der Waals surface area contributed by atoms with Crippen LogP contribution in [-0.4, -0.2) is 46.7 Å². The normalized spacial score (nSPS) is 10.3. The van der Waals surface area contributed by atoms with Crippen LogP contribution in [0.15, 0.2) is 0 Å². The number of esters is 2. The number of aryl methyl sites for hydroxylation is 1. The van der Waals surface area contributed by atoms with Gasteiger partial charge in [0.15, 0.2) is 0 Å². The monoisotopic (exact) mass is 315 g/mol. The predicted molar refractivity (Wildman–Crippen MR) is 73.8 cm³/mol. The standard InChI is InChI=1S/C12H17N3O5S/c1-4-7-9(21-15-14-7)10(16)13-8(11(17)19-5-2)12(18)20-6-3/h8H,4-6H2,1-3H3,(H,13,16). The Morgan fingerprint density at radius 2 is 1.71 bits per heavy atom. The Bertz CT molecular complexity index is 499. The highest BCUT2D eigenvalue weighted by atomic mass is 32.1. The maximum Gasteiger partial charge on any atom is 0.340 e. The fraction of sp³-hybridized carbons (Fsp3) is 0.583. The first-order chi connectivity index (χ1) is 10.0. The summed E-state index contributed by atoms with van der Waals surface area (Å²) in [5.41, 5.74) is 0.504. The topological polar surface area (TPSA) is 107 Å². The van der Waals surface area contributed by atoms with Crippen LogP contribution >= 0.6 is 11.5 Å². The molecule has 0 aromatic carbocycles. The van der Waals surface area contributed by atoms with Crippen molar-refractivity contribution in [1.29, 1.82) is 0 Å². The predicted octanol–water partition coefficient (Wildman–Crippen LogP) is 0.325. The Morgan fingerprint density at radius 1 is 1.14 bits per heavy atom. The molecule has 0 aliphatic heterocycles. The van der Waals surface area contributed by atoms with Crippen LogP contribution in [0.3, 0.4) is 0 Å². The molecule has 9 heteroatoms. The summed E-state index contributed by atoms with van der Waals surface area (Å²) in [6, 6.07) is -1.50. The van der Waals surface area contributed by atoms with Crippen molar-refractivity contribution in [2.75, 3.05) is 13.2 Å². The van der Waals surface area contributed by atoms with E-state index in [4.69, 9.17) is 9.47 Å². The smallest absolute Gasteiger partial charge is 0.340 e. The minimum Gasteiger partial charge on any atom is -0.464 e. The SMILES string of the molecule is CCOC(=O)C(NC(=O)c1snnc1CC)C(=O)OCC. The van der Waals surface area contributed by atoms with E-state index in [0.29, 0.717) is 12.1 Å². The minimum absolute atomic E-state index is 0.0902. The van der Waals surface area contributed by atoms with E-state index >= 15 is 0 Å². The van der Waals surface area contributed by atoms with Crippen molar-refractivity contribution in [2.45, 2.75) is 33.2 Å². The number of aromatic nitrogens is 2. The molecule has 0 radical (unpaired) electrons. The van der Waals surface area contributed by atoms with Gasteiger partial charge in [0, 0.05) is 0 Å². The highest BCUT2D eigenvalue weighted by Gasteiger charge is 2.32. The summed E-state index contributed by atoms with van der Waals surface area (Å²) in [6.07, 6.45) is 0.517. The quantitative estimate of drug-likeness (QED) is 0.570. The van der Waals surface area contributed by atoms with Crippen molar-refractivity contribution in [3.8, 4) is 0 Å². The van der Waals surface area contributed by atoms with Crippen LogP contribution in [0.25, 0.3) is 0 Å². The van der Waals surface area contributed by atoms with Gasteiger partial charge in [-0.1, -0.05) is 11.4 Å². The van der Waals surface area contributed by atoms with Crippen LogP contribution in [0.5, 0.6) is 0 Å². The molecule has 116 valence electrons. The fourth-order valence-electron chi connectivity index (χ4n) is 1.47. The van der Waals surface area contributed by atoms with E-state index in [9.17, 15) is 14.4 Å². The number of nitrogens with zero attached hydrogens (tertiary/aromatic N) is 2. The van der Waals surface area contributed by atoms with Gasteiger partial charge in [-0.2, -0.15) is 0 Å². The largest absolute Gasteiger partial charge is 0.464 e. The van der Waals surface area contributed by atoms with Gasteiger partial charge in [-0.3, -0.25) is 4.79 Å². The average molecular weight is 315 g/mol. The van der Waals surface area contributed by atoms with Crippen molar-refractivity contribution in [3.05, 3.63) is 10.6 Å². The third-order valence-electron chi connectivity index (χ3n) is 2.42. The van der Waals surface area contributed by atoms with Gasteiger partial charge in [-0.05, 0) is 31.8 Å². The molecule has 0 saturated carbocycles. The van der Waals surface area contributed by atoms with E-state index < -0.39 is 23.9 Å². The Balaban J connectivity index is 2.87. The molecule has 0 spiro atoms. The van der Waals surface area contributed by atoms with Crippen LogP contribution in [-0.2, 0) is 25.5 Å². The summed E-state index contributed by atoms with van der Waals surface area (Å²) in [6.45, 7) is 5.20. The zero-order valence-corrected chi connectivity index (χ0v) is 12.9. The summed E-state index contributed by atoms with van der Waals surface area (Å²) < 4.78 is 13.2. The lowest BCUT2D eigenvalue weighted by molar-refractivity contribution is -0.157. The van der Waals surface area contributed by atoms with Gasteiger partial charge >= 0.3 is 11.9 Å². The molecule has 0 saturated heterocycles. The van der Waals surface area contributed by atoms with Gasteiger partial charge in [0.25, 0.3) is 5.91 Å². The minimum atomic E-state index is -1.50. The lowest BCUT2D eigenvalue weighted by Crippen LogP contribution is -2.48. The Morgan fingerprint density at radius 3 is 2.19 bits per heavy atom. The molecule has 1 rings (SSSR count). The Hall–Kier alpha value is -2.03. The second-order valence-corrected chi connectivity index (χ2v) is 4.57. The van der Waals surface area contributed by atoms with Crippen LogP contribution in [0.1, 0.15) is 36.1 Å². The fourth-order valence-corrected chi connectivity index (χ4v) is 2.13. The lowest BCUT2D eigenvalue weighted by Gasteiger charge is -2.15. The summed E-state index contributed by atoms with van der Waals surface area (Å²) in [4.78, 5) is 35.9. The first-order valence-electron chi connectivity index (χ1n) is 6.50. The molecule has 0 aliphatic rings. The zero-order chi connectivity index (χ0) is 15.8. The van der Waals surface area contributed by atoms with E-state index in [1.54, 1.807) is 13.8 Å². The lowest BCUT2D eigenvalue weighted by atomic mass is 10.2. The molecule has 0 aliphatic carbocycles. The van der Waals surface area contributed by atoms with Gasteiger partial charge in [0.2, 0.25) is 6.04 Å². The first-order valence-corrected chi connectivity index (χ1v) is 7.27. The Labute approximate surface area is 126 Å². The van der Waals surface area contributed by atoms with Crippen LogP contribution < -0.4 is 5.32 Å². The van der Waals surface area contributed by atoms with Crippen LogP contribution in [0.4, 0.5) is 0 Å². The maximum atomic E-state index is 12.1. The van der Waals surface area contributed by atoms with E-state index in [0.717, 1.165) is 11.5 Å². The molecule has 21 heavy (non-hydrogen) atoms. The highest BCUT2D eigenvalue weighted by Crippen LogP contribution is 2.11. The molecule has 1 aromatic rings. The number of carbonyl (C=O) groups excluding carboxylic acids is 3. The summed E-state index contributed by atoms with van der Waals surface area (Å²) in [5, 5.41) is 6.11. The molecule has 0 bridgehead atoms.